The molecule has 0 spiro atoms. The average Bonchev–Trinajstić information content (AvgIpc) is 2.67. The summed E-state index contributed by atoms with van der Waals surface area (Å²) in [7, 11) is 1.33. The summed E-state index contributed by atoms with van der Waals surface area (Å²) in [5.41, 5.74) is 0.593. The molecule has 0 saturated heterocycles. The molecule has 0 aromatic heterocycles. The third-order valence-corrected chi connectivity index (χ3v) is 4.06. The molecule has 0 aliphatic heterocycles. The van der Waals surface area contributed by atoms with Gasteiger partial charge in [0.05, 0.1) is 12.7 Å². The molecular formula is C21H18FNO4. The molecule has 138 valence electrons. The van der Waals surface area contributed by atoms with Crippen molar-refractivity contribution in [2.24, 2.45) is 0 Å². The molecule has 0 radical (unpaired) electrons. The molecule has 1 atom stereocenters. The first kappa shape index (κ1) is 18.4. The van der Waals surface area contributed by atoms with Crippen molar-refractivity contribution in [3.05, 3.63) is 72.0 Å². The van der Waals surface area contributed by atoms with Crippen LogP contribution in [0.15, 0.2) is 60.7 Å². The molecule has 27 heavy (non-hydrogen) atoms. The Kier molecular flexibility index (Phi) is 5.35. The van der Waals surface area contributed by atoms with E-state index >= 15 is 0 Å². The van der Waals surface area contributed by atoms with Crippen molar-refractivity contribution in [1.82, 2.24) is 0 Å². The zero-order valence-electron chi connectivity index (χ0n) is 14.9. The van der Waals surface area contributed by atoms with E-state index in [9.17, 15) is 14.0 Å². The highest BCUT2D eigenvalue weighted by molar-refractivity contribution is 5.98. The second-order valence-corrected chi connectivity index (χ2v) is 5.95. The molecule has 0 fully saturated rings. The number of rotatable bonds is 5. The van der Waals surface area contributed by atoms with Crippen LogP contribution in [0, 0.1) is 5.82 Å². The Hall–Kier alpha value is -3.41. The second kappa shape index (κ2) is 7.86. The van der Waals surface area contributed by atoms with Crippen LogP contribution >= 0.6 is 0 Å². The van der Waals surface area contributed by atoms with Gasteiger partial charge < -0.3 is 14.8 Å². The van der Waals surface area contributed by atoms with Crippen molar-refractivity contribution in [2.45, 2.75) is 13.0 Å². The molecule has 6 heteroatoms. The van der Waals surface area contributed by atoms with Crippen LogP contribution in [0.3, 0.4) is 0 Å². The van der Waals surface area contributed by atoms with E-state index in [0.29, 0.717) is 5.69 Å². The first-order valence-electron chi connectivity index (χ1n) is 8.32. The SMILES string of the molecule is COc1ccc(C(=O)O[C@@H](C)C(=O)Nc2ccc3ccccc3c2)cc1F. The molecule has 0 aliphatic carbocycles. The normalized spacial score (nSPS) is 11.7. The topological polar surface area (TPSA) is 64.6 Å². The van der Waals surface area contributed by atoms with Gasteiger partial charge in [0.25, 0.3) is 5.91 Å². The molecule has 0 bridgehead atoms. The van der Waals surface area contributed by atoms with Crippen molar-refractivity contribution in [1.29, 1.82) is 0 Å². The van der Waals surface area contributed by atoms with E-state index in [1.807, 2.05) is 36.4 Å². The molecule has 0 heterocycles. The minimum atomic E-state index is -1.05. The van der Waals surface area contributed by atoms with E-state index in [0.717, 1.165) is 16.8 Å². The van der Waals surface area contributed by atoms with Gasteiger partial charge in [-0.25, -0.2) is 9.18 Å². The van der Waals surface area contributed by atoms with E-state index in [-0.39, 0.29) is 11.3 Å². The lowest BCUT2D eigenvalue weighted by Gasteiger charge is -2.14. The number of hydrogen-bond acceptors (Lipinski definition) is 4. The molecule has 3 aromatic carbocycles. The van der Waals surface area contributed by atoms with Crippen LogP contribution in [0.1, 0.15) is 17.3 Å². The molecular weight excluding hydrogens is 349 g/mol. The fraction of sp³-hybridized carbons (Fsp3) is 0.143. The summed E-state index contributed by atoms with van der Waals surface area (Å²) in [6, 6.07) is 17.0. The first-order chi connectivity index (χ1) is 13.0. The lowest BCUT2D eigenvalue weighted by Crippen LogP contribution is -2.30. The standard InChI is InChI=1S/C21H18FNO4/c1-13(27-21(25)16-8-10-19(26-2)18(22)12-16)20(24)23-17-9-7-14-5-3-4-6-15(14)11-17/h3-13H,1-2H3,(H,23,24)/t13-/m0/s1. The van der Waals surface area contributed by atoms with E-state index in [2.05, 4.69) is 5.32 Å². The summed E-state index contributed by atoms with van der Waals surface area (Å²) in [6.07, 6.45) is -1.05. The number of amides is 1. The van der Waals surface area contributed by atoms with E-state index in [1.165, 1.54) is 26.2 Å². The third kappa shape index (κ3) is 4.23. The van der Waals surface area contributed by atoms with Gasteiger partial charge in [0.2, 0.25) is 0 Å². The summed E-state index contributed by atoms with van der Waals surface area (Å²) in [5.74, 6) is -1.93. The maximum absolute atomic E-state index is 13.7. The number of ether oxygens (including phenoxy) is 2. The predicted molar refractivity (Wildman–Crippen MR) is 100 cm³/mol. The number of halogens is 1. The van der Waals surface area contributed by atoms with Crippen molar-refractivity contribution in [3.63, 3.8) is 0 Å². The highest BCUT2D eigenvalue weighted by atomic mass is 19.1. The summed E-state index contributed by atoms with van der Waals surface area (Å²) in [6.45, 7) is 1.45. The van der Waals surface area contributed by atoms with Gasteiger partial charge in [0.15, 0.2) is 17.7 Å². The van der Waals surface area contributed by atoms with Crippen molar-refractivity contribution in [3.8, 4) is 5.75 Å². The maximum Gasteiger partial charge on any atom is 0.339 e. The summed E-state index contributed by atoms with van der Waals surface area (Å²) < 4.78 is 23.6. The van der Waals surface area contributed by atoms with Crippen molar-refractivity contribution >= 4 is 28.3 Å². The minimum Gasteiger partial charge on any atom is -0.494 e. The third-order valence-electron chi connectivity index (χ3n) is 4.06. The van der Waals surface area contributed by atoms with Crippen LogP contribution in [0.4, 0.5) is 10.1 Å². The van der Waals surface area contributed by atoms with Crippen LogP contribution in [-0.4, -0.2) is 25.1 Å². The largest absolute Gasteiger partial charge is 0.494 e. The molecule has 0 aliphatic rings. The number of fused-ring (bicyclic) bond motifs is 1. The van der Waals surface area contributed by atoms with Gasteiger partial charge in [-0.1, -0.05) is 30.3 Å². The molecule has 3 aromatic rings. The van der Waals surface area contributed by atoms with Gasteiger partial charge in [-0.05, 0) is 48.0 Å². The fourth-order valence-corrected chi connectivity index (χ4v) is 2.59. The Morgan fingerprint density at radius 1 is 1.00 bits per heavy atom. The Morgan fingerprint density at radius 2 is 1.74 bits per heavy atom. The lowest BCUT2D eigenvalue weighted by atomic mass is 10.1. The van der Waals surface area contributed by atoms with Crippen LogP contribution in [0.5, 0.6) is 5.75 Å². The van der Waals surface area contributed by atoms with Crippen molar-refractivity contribution < 1.29 is 23.5 Å². The number of hydrogen-bond donors (Lipinski definition) is 1. The van der Waals surface area contributed by atoms with E-state index in [4.69, 9.17) is 9.47 Å². The average molecular weight is 367 g/mol. The monoisotopic (exact) mass is 367 g/mol. The second-order valence-electron chi connectivity index (χ2n) is 5.95. The van der Waals surface area contributed by atoms with Crippen molar-refractivity contribution in [2.75, 3.05) is 12.4 Å². The van der Waals surface area contributed by atoms with Crippen LogP contribution in [-0.2, 0) is 9.53 Å². The molecule has 1 amide bonds. The zero-order valence-corrected chi connectivity index (χ0v) is 14.9. The Balaban J connectivity index is 1.65. The van der Waals surface area contributed by atoms with Gasteiger partial charge in [-0.15, -0.1) is 0 Å². The van der Waals surface area contributed by atoms with Crippen LogP contribution < -0.4 is 10.1 Å². The van der Waals surface area contributed by atoms with E-state index < -0.39 is 23.8 Å². The smallest absolute Gasteiger partial charge is 0.339 e. The Labute approximate surface area is 155 Å². The maximum atomic E-state index is 13.7. The number of methoxy groups -OCH3 is 1. The van der Waals surface area contributed by atoms with Gasteiger partial charge in [0, 0.05) is 5.69 Å². The number of carbonyl (C=O) groups is 2. The highest BCUT2D eigenvalue weighted by Gasteiger charge is 2.20. The summed E-state index contributed by atoms with van der Waals surface area (Å²) in [5, 5.41) is 4.74. The number of benzene rings is 3. The minimum absolute atomic E-state index is 0.00125. The fourth-order valence-electron chi connectivity index (χ4n) is 2.59. The molecule has 0 saturated carbocycles. The highest BCUT2D eigenvalue weighted by Crippen LogP contribution is 2.20. The zero-order chi connectivity index (χ0) is 19.4. The van der Waals surface area contributed by atoms with E-state index in [1.54, 1.807) is 6.07 Å². The Morgan fingerprint density at radius 3 is 2.44 bits per heavy atom. The molecule has 1 N–H and O–H groups in total. The van der Waals surface area contributed by atoms with Gasteiger partial charge >= 0.3 is 5.97 Å². The summed E-state index contributed by atoms with van der Waals surface area (Å²) in [4.78, 5) is 24.4. The number of carbonyl (C=O) groups excluding carboxylic acids is 2. The number of esters is 1. The quantitative estimate of drug-likeness (QED) is 0.688. The molecule has 5 nitrogen and oxygen atoms in total. The number of anilines is 1. The predicted octanol–water partition coefficient (Wildman–Crippen LogP) is 4.17. The van der Waals surface area contributed by atoms with Gasteiger partial charge in [0.1, 0.15) is 0 Å². The van der Waals surface area contributed by atoms with Crippen LogP contribution in [0.2, 0.25) is 0 Å². The summed E-state index contributed by atoms with van der Waals surface area (Å²) >= 11 is 0. The van der Waals surface area contributed by atoms with Crippen LogP contribution in [0.25, 0.3) is 10.8 Å². The lowest BCUT2D eigenvalue weighted by molar-refractivity contribution is -0.123. The number of nitrogens with one attached hydrogen (secondary N) is 1. The Bertz CT molecular complexity index is 1000. The molecule has 3 rings (SSSR count). The molecule has 0 unspecified atom stereocenters. The van der Waals surface area contributed by atoms with Gasteiger partial charge in [-0.2, -0.15) is 0 Å². The first-order valence-corrected chi connectivity index (χ1v) is 8.32. The van der Waals surface area contributed by atoms with Gasteiger partial charge in [-0.3, -0.25) is 4.79 Å².